The van der Waals surface area contributed by atoms with Crippen LogP contribution in [-0.2, 0) is 4.79 Å². The molecule has 1 aromatic rings. The van der Waals surface area contributed by atoms with E-state index in [4.69, 9.17) is 4.99 Å². The standard InChI is InChI=1S/C34H53N3O3/c1-8-9-24-17-22-36(23-18-24)29-30(38)37(34(35-29)20-14-27(15-21-34)33(5,6)7)28(16-19-32(2,3)4)25-10-12-26(13-11-25)31(39)40/h10-13,24,27-28H,8-9,14-23H2,1-7H3,(H,39,40). The minimum Gasteiger partial charge on any atom is -0.478 e. The van der Waals surface area contributed by atoms with Gasteiger partial charge in [0.25, 0.3) is 5.91 Å². The zero-order valence-corrected chi connectivity index (χ0v) is 26.1. The molecule has 1 spiro atoms. The molecule has 3 aliphatic rings. The molecule has 1 amide bonds. The number of rotatable bonds is 7. The molecular formula is C34H53N3O3. The highest BCUT2D eigenvalue weighted by atomic mass is 16.4. The van der Waals surface area contributed by atoms with Gasteiger partial charge in [-0.2, -0.15) is 0 Å². The van der Waals surface area contributed by atoms with Gasteiger partial charge in [-0.25, -0.2) is 9.79 Å². The third-order valence-corrected chi connectivity index (χ3v) is 9.82. The van der Waals surface area contributed by atoms with E-state index < -0.39 is 11.6 Å². The Bertz CT molecular complexity index is 1060. The maximum Gasteiger partial charge on any atom is 0.335 e. The Morgan fingerprint density at radius 1 is 1.02 bits per heavy atom. The lowest BCUT2D eigenvalue weighted by atomic mass is 9.69. The first kappa shape index (κ1) is 30.6. The number of benzene rings is 1. The Labute approximate surface area is 242 Å². The van der Waals surface area contributed by atoms with E-state index in [1.165, 1.54) is 12.8 Å². The molecule has 1 saturated heterocycles. The van der Waals surface area contributed by atoms with Gasteiger partial charge in [0.1, 0.15) is 5.66 Å². The number of nitrogens with zero attached hydrogens (tertiary/aromatic N) is 3. The lowest BCUT2D eigenvalue weighted by Gasteiger charge is -2.47. The summed E-state index contributed by atoms with van der Waals surface area (Å²) in [5.74, 6) is 1.18. The molecule has 0 aromatic heterocycles. The van der Waals surface area contributed by atoms with Crippen LogP contribution >= 0.6 is 0 Å². The number of carboxylic acids is 1. The van der Waals surface area contributed by atoms with Crippen molar-refractivity contribution >= 4 is 17.7 Å². The number of aromatic carboxylic acids is 1. The van der Waals surface area contributed by atoms with Gasteiger partial charge in [-0.3, -0.25) is 4.79 Å². The van der Waals surface area contributed by atoms with Crippen LogP contribution < -0.4 is 0 Å². The lowest BCUT2D eigenvalue weighted by molar-refractivity contribution is -0.134. The monoisotopic (exact) mass is 551 g/mol. The minimum atomic E-state index is -0.927. The number of likely N-dealkylation sites (tertiary alicyclic amines) is 1. The summed E-state index contributed by atoms with van der Waals surface area (Å²) in [5.41, 5.74) is 1.12. The van der Waals surface area contributed by atoms with Crippen LogP contribution in [-0.4, -0.2) is 51.4 Å². The number of amidine groups is 1. The van der Waals surface area contributed by atoms with Crippen LogP contribution in [0.25, 0.3) is 0 Å². The summed E-state index contributed by atoms with van der Waals surface area (Å²) in [6, 6.07) is 7.08. The van der Waals surface area contributed by atoms with Gasteiger partial charge in [0.05, 0.1) is 11.6 Å². The summed E-state index contributed by atoms with van der Waals surface area (Å²) in [6.07, 6.45) is 10.4. The third-order valence-electron chi connectivity index (χ3n) is 9.82. The fraction of sp³-hybridized carbons (Fsp3) is 0.735. The molecule has 2 aliphatic heterocycles. The van der Waals surface area contributed by atoms with E-state index >= 15 is 0 Å². The van der Waals surface area contributed by atoms with Crippen molar-refractivity contribution in [3.63, 3.8) is 0 Å². The SMILES string of the molecule is CCCC1CCN(C2=NC3(CCC(C(C)(C)C)CC3)N(C(CCC(C)(C)C)c3ccc(C(=O)O)cc3)C2=O)CC1. The summed E-state index contributed by atoms with van der Waals surface area (Å²) < 4.78 is 0. The molecule has 4 rings (SSSR count). The molecular weight excluding hydrogens is 498 g/mol. The second kappa shape index (κ2) is 11.9. The van der Waals surface area contributed by atoms with Crippen LogP contribution in [0.4, 0.5) is 0 Å². The summed E-state index contributed by atoms with van der Waals surface area (Å²) in [5, 5.41) is 9.51. The van der Waals surface area contributed by atoms with Crippen LogP contribution in [0.1, 0.15) is 135 Å². The second-order valence-electron chi connectivity index (χ2n) is 15.0. The Morgan fingerprint density at radius 2 is 1.62 bits per heavy atom. The van der Waals surface area contributed by atoms with Gasteiger partial charge in [-0.15, -0.1) is 0 Å². The van der Waals surface area contributed by atoms with Gasteiger partial charge in [0.15, 0.2) is 5.84 Å². The maximum absolute atomic E-state index is 14.5. The number of aliphatic imine (C=N–C) groups is 1. The predicted molar refractivity (Wildman–Crippen MR) is 162 cm³/mol. The summed E-state index contributed by atoms with van der Waals surface area (Å²) in [6.45, 7) is 17.8. The van der Waals surface area contributed by atoms with E-state index in [1.54, 1.807) is 12.1 Å². The molecule has 1 unspecified atom stereocenters. The molecule has 222 valence electrons. The zero-order chi connectivity index (χ0) is 29.3. The van der Waals surface area contributed by atoms with Gasteiger partial charge in [-0.05, 0) is 91.7 Å². The van der Waals surface area contributed by atoms with Crippen LogP contribution in [0.3, 0.4) is 0 Å². The van der Waals surface area contributed by atoms with Crippen LogP contribution in [0, 0.1) is 22.7 Å². The van der Waals surface area contributed by atoms with E-state index in [2.05, 4.69) is 58.3 Å². The fourth-order valence-corrected chi connectivity index (χ4v) is 7.24. The maximum atomic E-state index is 14.5. The number of carbonyl (C=O) groups excluding carboxylic acids is 1. The van der Waals surface area contributed by atoms with Gasteiger partial charge in [-0.1, -0.05) is 73.4 Å². The normalized spacial score (nSPS) is 25.4. The summed E-state index contributed by atoms with van der Waals surface area (Å²) in [7, 11) is 0. The lowest BCUT2D eigenvalue weighted by Crippen LogP contribution is -2.52. The molecule has 1 saturated carbocycles. The average Bonchev–Trinajstić information content (AvgIpc) is 3.15. The Hall–Kier alpha value is -2.37. The topological polar surface area (TPSA) is 73.2 Å². The number of hydrogen-bond acceptors (Lipinski definition) is 4. The first-order valence-electron chi connectivity index (χ1n) is 15.8. The van der Waals surface area contributed by atoms with Gasteiger partial charge >= 0.3 is 5.97 Å². The Morgan fingerprint density at radius 3 is 2.12 bits per heavy atom. The van der Waals surface area contributed by atoms with Crippen molar-refractivity contribution in [3.05, 3.63) is 35.4 Å². The van der Waals surface area contributed by atoms with Gasteiger partial charge in [0.2, 0.25) is 0 Å². The molecule has 40 heavy (non-hydrogen) atoms. The van der Waals surface area contributed by atoms with E-state index in [0.717, 1.165) is 75.9 Å². The van der Waals surface area contributed by atoms with Crippen molar-refractivity contribution in [3.8, 4) is 0 Å². The molecule has 0 radical (unpaired) electrons. The summed E-state index contributed by atoms with van der Waals surface area (Å²) >= 11 is 0. The molecule has 2 heterocycles. The van der Waals surface area contributed by atoms with Crippen molar-refractivity contribution in [2.75, 3.05) is 13.1 Å². The zero-order valence-electron chi connectivity index (χ0n) is 26.1. The molecule has 2 fully saturated rings. The molecule has 0 bridgehead atoms. The van der Waals surface area contributed by atoms with Crippen molar-refractivity contribution in [1.82, 2.24) is 9.80 Å². The molecule has 1 aliphatic carbocycles. The molecule has 6 heteroatoms. The highest BCUT2D eigenvalue weighted by Gasteiger charge is 2.53. The number of carbonyl (C=O) groups is 2. The largest absolute Gasteiger partial charge is 0.478 e. The van der Waals surface area contributed by atoms with E-state index in [-0.39, 0.29) is 28.3 Å². The number of piperidine rings is 1. The molecule has 1 atom stereocenters. The molecule has 1 aromatic carbocycles. The Kier molecular flexibility index (Phi) is 9.06. The van der Waals surface area contributed by atoms with Crippen molar-refractivity contribution in [2.45, 2.75) is 124 Å². The molecule has 6 nitrogen and oxygen atoms in total. The van der Waals surface area contributed by atoms with Crippen molar-refractivity contribution in [1.29, 1.82) is 0 Å². The van der Waals surface area contributed by atoms with Gasteiger partial charge < -0.3 is 14.9 Å². The minimum absolute atomic E-state index is 0.0735. The second-order valence-corrected chi connectivity index (χ2v) is 15.0. The van der Waals surface area contributed by atoms with E-state index in [9.17, 15) is 14.7 Å². The van der Waals surface area contributed by atoms with E-state index in [1.807, 2.05) is 12.1 Å². The quantitative estimate of drug-likeness (QED) is 0.373. The predicted octanol–water partition coefficient (Wildman–Crippen LogP) is 7.94. The number of hydrogen-bond donors (Lipinski definition) is 1. The van der Waals surface area contributed by atoms with E-state index in [0.29, 0.717) is 11.8 Å². The summed E-state index contributed by atoms with van der Waals surface area (Å²) in [4.78, 5) is 36.0. The first-order valence-corrected chi connectivity index (χ1v) is 15.8. The van der Waals surface area contributed by atoms with Crippen LogP contribution in [0.2, 0.25) is 0 Å². The highest BCUT2D eigenvalue weighted by molar-refractivity contribution is 6.39. The van der Waals surface area contributed by atoms with Crippen LogP contribution in [0.5, 0.6) is 0 Å². The van der Waals surface area contributed by atoms with Crippen LogP contribution in [0.15, 0.2) is 29.3 Å². The third kappa shape index (κ3) is 6.74. The highest BCUT2D eigenvalue weighted by Crippen LogP contribution is 2.50. The number of carboxylic acid groups (broad SMARTS) is 1. The number of amides is 1. The smallest absolute Gasteiger partial charge is 0.335 e. The fourth-order valence-electron chi connectivity index (χ4n) is 7.24. The first-order chi connectivity index (χ1) is 18.7. The Balaban J connectivity index is 1.71. The van der Waals surface area contributed by atoms with Crippen molar-refractivity contribution < 1.29 is 14.7 Å². The van der Waals surface area contributed by atoms with Crippen molar-refractivity contribution in [2.24, 2.45) is 27.7 Å². The van der Waals surface area contributed by atoms with Gasteiger partial charge in [0, 0.05) is 13.1 Å². The average molecular weight is 552 g/mol. The molecule has 1 N–H and O–H groups in total.